The number of allylic oxidation sites excluding steroid dienone is 1. The van der Waals surface area contributed by atoms with Gasteiger partial charge < -0.3 is 5.73 Å². The fourth-order valence-electron chi connectivity index (χ4n) is 0.289. The third kappa shape index (κ3) is 6.05. The van der Waals surface area contributed by atoms with Crippen molar-refractivity contribution in [2.24, 2.45) is 5.73 Å². The Morgan fingerprint density at radius 2 is 2.14 bits per heavy atom. The smallest absolute Gasteiger partial charge is 0.0106 e. The van der Waals surface area contributed by atoms with E-state index in [2.05, 4.69) is 12.6 Å². The van der Waals surface area contributed by atoms with Crippen LogP contribution < -0.4 is 5.73 Å². The third-order valence-corrected chi connectivity index (χ3v) is 0.857. The Hall–Kier alpha value is 0.0500. The molecular weight excluding hydrogens is 106 g/mol. The Kier molecular flexibility index (Phi) is 6.09. The summed E-state index contributed by atoms with van der Waals surface area (Å²) in [6.07, 6.45) is 5.00. The zero-order chi connectivity index (χ0) is 5.54. The van der Waals surface area contributed by atoms with E-state index in [0.717, 1.165) is 12.2 Å². The van der Waals surface area contributed by atoms with Gasteiger partial charge in [-0.3, -0.25) is 0 Å². The predicted molar refractivity (Wildman–Crippen MR) is 36.7 cm³/mol. The van der Waals surface area contributed by atoms with Gasteiger partial charge in [-0.15, -0.1) is 0 Å². The highest BCUT2D eigenvalue weighted by atomic mass is 32.1. The molecule has 0 aromatic heterocycles. The molecule has 7 heavy (non-hydrogen) atoms. The van der Waals surface area contributed by atoms with Crippen LogP contribution in [0.3, 0.4) is 0 Å². The monoisotopic (exact) mass is 117 g/mol. The minimum Gasteiger partial charge on any atom is -0.327 e. The lowest BCUT2D eigenvalue weighted by molar-refractivity contribution is 1.19. The van der Waals surface area contributed by atoms with Crippen LogP contribution in [-0.4, -0.2) is 12.3 Å². The first-order valence-electron chi connectivity index (χ1n) is 2.37. The average Bonchev–Trinajstić information content (AvgIpc) is 1.69. The molecule has 0 saturated heterocycles. The lowest BCUT2D eigenvalue weighted by Crippen LogP contribution is -1.91. The molecule has 0 amide bonds. The number of hydrogen-bond acceptors (Lipinski definition) is 2. The van der Waals surface area contributed by atoms with Crippen molar-refractivity contribution in [1.82, 2.24) is 0 Å². The van der Waals surface area contributed by atoms with Crippen LogP contribution in [-0.2, 0) is 0 Å². The molecule has 0 radical (unpaired) electrons. The molecule has 0 saturated carbocycles. The largest absolute Gasteiger partial charge is 0.327 e. The molecular formula is C5H11NS. The molecule has 0 unspecified atom stereocenters. The Morgan fingerprint density at radius 1 is 1.43 bits per heavy atom. The second-order valence-corrected chi connectivity index (χ2v) is 1.67. The standard InChI is InChI=1S/C5H11NS/c6-4-2-1-3-5-7/h1-2,7H,3-6H2/b2-1-. The summed E-state index contributed by atoms with van der Waals surface area (Å²) in [6.45, 7) is 0.647. The van der Waals surface area contributed by atoms with Crippen LogP contribution >= 0.6 is 12.6 Å². The highest BCUT2D eigenvalue weighted by molar-refractivity contribution is 7.80. The molecule has 2 heteroatoms. The summed E-state index contributed by atoms with van der Waals surface area (Å²) >= 11 is 4.00. The zero-order valence-corrected chi connectivity index (χ0v) is 5.20. The van der Waals surface area contributed by atoms with Gasteiger partial charge in [0.05, 0.1) is 0 Å². The van der Waals surface area contributed by atoms with Gasteiger partial charge in [0.15, 0.2) is 0 Å². The molecule has 0 rings (SSSR count). The van der Waals surface area contributed by atoms with E-state index in [1.54, 1.807) is 0 Å². The van der Waals surface area contributed by atoms with Crippen molar-refractivity contribution in [2.45, 2.75) is 6.42 Å². The van der Waals surface area contributed by atoms with Crippen molar-refractivity contribution in [3.8, 4) is 0 Å². The highest BCUT2D eigenvalue weighted by Crippen LogP contribution is 1.83. The van der Waals surface area contributed by atoms with Crippen LogP contribution in [0.1, 0.15) is 6.42 Å². The first-order chi connectivity index (χ1) is 3.41. The SMILES string of the molecule is NC/C=C\CCS. The van der Waals surface area contributed by atoms with Crippen LogP contribution in [0.4, 0.5) is 0 Å². The Labute approximate surface area is 50.0 Å². The Morgan fingerprint density at radius 3 is 2.57 bits per heavy atom. The summed E-state index contributed by atoms with van der Waals surface area (Å²) < 4.78 is 0. The molecule has 0 heterocycles. The van der Waals surface area contributed by atoms with Crippen molar-refractivity contribution >= 4 is 12.6 Å². The summed E-state index contributed by atoms with van der Waals surface area (Å²) in [5, 5.41) is 0. The normalized spacial score (nSPS) is 10.6. The van der Waals surface area contributed by atoms with Crippen LogP contribution in [0.5, 0.6) is 0 Å². The highest BCUT2D eigenvalue weighted by Gasteiger charge is 1.68. The number of rotatable bonds is 3. The number of hydrogen-bond donors (Lipinski definition) is 2. The molecule has 0 spiro atoms. The minimum absolute atomic E-state index is 0.647. The quantitative estimate of drug-likeness (QED) is 0.415. The molecule has 1 nitrogen and oxygen atoms in total. The van der Waals surface area contributed by atoms with Crippen molar-refractivity contribution in [3.63, 3.8) is 0 Å². The van der Waals surface area contributed by atoms with Crippen molar-refractivity contribution < 1.29 is 0 Å². The van der Waals surface area contributed by atoms with E-state index in [0.29, 0.717) is 6.54 Å². The molecule has 0 aromatic carbocycles. The molecule has 0 aliphatic rings. The Bertz CT molecular complexity index is 52.0. The second kappa shape index (κ2) is 6.05. The van der Waals surface area contributed by atoms with Crippen molar-refractivity contribution in [1.29, 1.82) is 0 Å². The average molecular weight is 117 g/mol. The Balaban J connectivity index is 2.78. The van der Waals surface area contributed by atoms with Crippen LogP contribution in [0, 0.1) is 0 Å². The van der Waals surface area contributed by atoms with Gasteiger partial charge in [-0.05, 0) is 12.2 Å². The lowest BCUT2D eigenvalue weighted by Gasteiger charge is -1.79. The maximum absolute atomic E-state index is 5.16. The van der Waals surface area contributed by atoms with E-state index in [1.165, 1.54) is 0 Å². The maximum atomic E-state index is 5.16. The first kappa shape index (κ1) is 7.05. The molecule has 0 aliphatic heterocycles. The van der Waals surface area contributed by atoms with E-state index < -0.39 is 0 Å². The minimum atomic E-state index is 0.647. The molecule has 2 N–H and O–H groups in total. The van der Waals surface area contributed by atoms with Gasteiger partial charge >= 0.3 is 0 Å². The zero-order valence-electron chi connectivity index (χ0n) is 4.30. The molecule has 42 valence electrons. The van der Waals surface area contributed by atoms with Crippen molar-refractivity contribution in [3.05, 3.63) is 12.2 Å². The van der Waals surface area contributed by atoms with E-state index in [4.69, 9.17) is 5.73 Å². The van der Waals surface area contributed by atoms with E-state index in [9.17, 15) is 0 Å². The van der Waals surface area contributed by atoms with E-state index >= 15 is 0 Å². The van der Waals surface area contributed by atoms with Gasteiger partial charge in [0.1, 0.15) is 0 Å². The molecule has 0 aliphatic carbocycles. The van der Waals surface area contributed by atoms with E-state index in [1.807, 2.05) is 12.2 Å². The number of thiol groups is 1. The maximum Gasteiger partial charge on any atom is 0.0106 e. The predicted octanol–water partition coefficient (Wildman–Crippen LogP) is 0.821. The van der Waals surface area contributed by atoms with E-state index in [-0.39, 0.29) is 0 Å². The van der Waals surface area contributed by atoms with Gasteiger partial charge in [0.2, 0.25) is 0 Å². The van der Waals surface area contributed by atoms with Gasteiger partial charge in [0, 0.05) is 6.54 Å². The van der Waals surface area contributed by atoms with Crippen LogP contribution in [0.2, 0.25) is 0 Å². The summed E-state index contributed by atoms with van der Waals surface area (Å²) in [5.41, 5.74) is 5.16. The first-order valence-corrected chi connectivity index (χ1v) is 3.01. The number of nitrogens with two attached hydrogens (primary N) is 1. The van der Waals surface area contributed by atoms with Crippen LogP contribution in [0.15, 0.2) is 12.2 Å². The summed E-state index contributed by atoms with van der Waals surface area (Å²) in [4.78, 5) is 0. The third-order valence-electron chi connectivity index (χ3n) is 0.599. The summed E-state index contributed by atoms with van der Waals surface area (Å²) in [6, 6.07) is 0. The lowest BCUT2D eigenvalue weighted by atomic mass is 10.4. The van der Waals surface area contributed by atoms with Crippen LogP contribution in [0.25, 0.3) is 0 Å². The van der Waals surface area contributed by atoms with Gasteiger partial charge in [-0.1, -0.05) is 12.2 Å². The molecule has 0 bridgehead atoms. The fourth-order valence-corrected chi connectivity index (χ4v) is 0.438. The summed E-state index contributed by atoms with van der Waals surface area (Å²) in [5.74, 6) is 0.913. The topological polar surface area (TPSA) is 26.0 Å². The van der Waals surface area contributed by atoms with Gasteiger partial charge in [-0.25, -0.2) is 0 Å². The molecule has 0 fully saturated rings. The second-order valence-electron chi connectivity index (χ2n) is 1.22. The van der Waals surface area contributed by atoms with Gasteiger partial charge in [-0.2, -0.15) is 12.6 Å². The van der Waals surface area contributed by atoms with Gasteiger partial charge in [0.25, 0.3) is 0 Å². The van der Waals surface area contributed by atoms with Crippen molar-refractivity contribution in [2.75, 3.05) is 12.3 Å². The fraction of sp³-hybridized carbons (Fsp3) is 0.600. The molecule has 0 atom stereocenters. The summed E-state index contributed by atoms with van der Waals surface area (Å²) in [7, 11) is 0. The molecule has 0 aromatic rings.